The number of aliphatic hydroxyl groups excluding tert-OH is 1. The van der Waals surface area contributed by atoms with Crippen LogP contribution in [0.1, 0.15) is 155 Å². The van der Waals surface area contributed by atoms with E-state index in [1.54, 1.807) is 6.08 Å². The van der Waals surface area contributed by atoms with E-state index < -0.39 is 26.6 Å². The van der Waals surface area contributed by atoms with E-state index in [1.807, 2.05) is 39.4 Å². The standard InChI is InChI=1S/C49H85N2O6P/c1-6-8-10-12-14-16-18-20-22-24-25-27-29-31-33-35-37-39-41-43-49(53)50-47(46-57-58(54,55)56-45-44-51(3,4)5)48(52)42-40-38-36-34-32-30-28-26-23-21-19-17-15-13-11-9-7-2/h8,10,14,16,20,22,25,27,31-34,37,39-40,42,47-48,52H,6-7,9,11-13,15,17-19,21,23-24,26,28-30,35-36,38,41,43-46H2,1-5H3,(H-,50,53,54,55)/b10-8-,16-14-,22-20-,27-25-,33-31-,34-32+,39-37-,42-40+. The summed E-state index contributed by atoms with van der Waals surface area (Å²) in [5.41, 5.74) is 0. The lowest BCUT2D eigenvalue weighted by molar-refractivity contribution is -0.870. The molecule has 3 unspecified atom stereocenters. The molecule has 0 spiro atoms. The minimum Gasteiger partial charge on any atom is -0.756 e. The van der Waals surface area contributed by atoms with Crippen molar-refractivity contribution in [2.45, 2.75) is 167 Å². The van der Waals surface area contributed by atoms with Crippen LogP contribution in [-0.2, 0) is 18.4 Å². The second-order valence-corrected chi connectivity index (χ2v) is 17.4. The lowest BCUT2D eigenvalue weighted by Gasteiger charge is -2.29. The molecule has 2 N–H and O–H groups in total. The molecule has 1 amide bonds. The van der Waals surface area contributed by atoms with Gasteiger partial charge in [-0.15, -0.1) is 0 Å². The third-order valence-corrected chi connectivity index (χ3v) is 10.3. The fourth-order valence-corrected chi connectivity index (χ4v) is 6.44. The van der Waals surface area contributed by atoms with E-state index in [-0.39, 0.29) is 18.9 Å². The molecule has 3 atom stereocenters. The van der Waals surface area contributed by atoms with Crippen molar-refractivity contribution in [2.24, 2.45) is 0 Å². The summed E-state index contributed by atoms with van der Waals surface area (Å²) in [6.07, 6.45) is 56.2. The molecule has 332 valence electrons. The molecule has 0 saturated carbocycles. The summed E-state index contributed by atoms with van der Waals surface area (Å²) in [7, 11) is 1.18. The number of unbranched alkanes of at least 4 members (excludes halogenated alkanes) is 12. The van der Waals surface area contributed by atoms with E-state index in [2.05, 4.69) is 92.1 Å². The molecule has 0 aliphatic rings. The molecule has 0 aromatic rings. The number of quaternary nitrogens is 1. The Bertz CT molecular complexity index is 1260. The fourth-order valence-electron chi connectivity index (χ4n) is 5.72. The number of allylic oxidation sites excluding steroid dienone is 15. The minimum absolute atomic E-state index is 0.0253. The van der Waals surface area contributed by atoms with Crippen molar-refractivity contribution in [3.63, 3.8) is 0 Å². The number of likely N-dealkylation sites (N-methyl/N-ethyl adjacent to an activating group) is 1. The molecule has 0 bridgehead atoms. The quantitative estimate of drug-likeness (QED) is 0.0276. The average molecular weight is 829 g/mol. The Balaban J connectivity index is 4.63. The van der Waals surface area contributed by atoms with Gasteiger partial charge in [0, 0.05) is 6.42 Å². The topological polar surface area (TPSA) is 108 Å². The van der Waals surface area contributed by atoms with Gasteiger partial charge in [0.15, 0.2) is 0 Å². The Labute approximate surface area is 356 Å². The maximum Gasteiger partial charge on any atom is 0.268 e. The molecule has 0 fully saturated rings. The van der Waals surface area contributed by atoms with E-state index >= 15 is 0 Å². The fraction of sp³-hybridized carbons (Fsp3) is 0.653. The number of nitrogens with zero attached hydrogens (tertiary/aromatic N) is 1. The van der Waals surface area contributed by atoms with Gasteiger partial charge in [0.1, 0.15) is 13.2 Å². The molecule has 0 aliphatic heterocycles. The van der Waals surface area contributed by atoms with Gasteiger partial charge in [0.2, 0.25) is 5.91 Å². The van der Waals surface area contributed by atoms with Gasteiger partial charge in [-0.1, -0.05) is 175 Å². The van der Waals surface area contributed by atoms with Crippen molar-refractivity contribution in [2.75, 3.05) is 40.9 Å². The van der Waals surface area contributed by atoms with Gasteiger partial charge < -0.3 is 28.8 Å². The number of phosphoric acid groups is 1. The zero-order valence-electron chi connectivity index (χ0n) is 37.5. The van der Waals surface area contributed by atoms with Crippen LogP contribution in [-0.4, -0.2) is 68.5 Å². The number of hydrogen-bond acceptors (Lipinski definition) is 6. The molecule has 0 heterocycles. The van der Waals surface area contributed by atoms with Crippen LogP contribution in [0.2, 0.25) is 0 Å². The lowest BCUT2D eigenvalue weighted by Crippen LogP contribution is -2.45. The van der Waals surface area contributed by atoms with E-state index in [0.29, 0.717) is 17.4 Å². The molecule has 9 heteroatoms. The summed E-state index contributed by atoms with van der Waals surface area (Å²) in [5, 5.41) is 13.7. The van der Waals surface area contributed by atoms with Crippen LogP contribution >= 0.6 is 7.82 Å². The number of hydrogen-bond donors (Lipinski definition) is 2. The molecule has 0 rings (SSSR count). The molecule has 8 nitrogen and oxygen atoms in total. The first-order valence-electron chi connectivity index (χ1n) is 22.6. The Morgan fingerprint density at radius 3 is 1.59 bits per heavy atom. The molecule has 58 heavy (non-hydrogen) atoms. The molecular weight excluding hydrogens is 744 g/mol. The van der Waals surface area contributed by atoms with Crippen LogP contribution in [0.25, 0.3) is 0 Å². The normalized spacial score (nSPS) is 15.2. The highest BCUT2D eigenvalue weighted by atomic mass is 31.2. The van der Waals surface area contributed by atoms with Gasteiger partial charge in [0.05, 0.1) is 39.9 Å². The summed E-state index contributed by atoms with van der Waals surface area (Å²) in [4.78, 5) is 25.3. The summed E-state index contributed by atoms with van der Waals surface area (Å²) in [6, 6.07) is -0.949. The first-order valence-corrected chi connectivity index (χ1v) is 24.1. The maximum atomic E-state index is 12.8. The first kappa shape index (κ1) is 55.4. The van der Waals surface area contributed by atoms with Crippen LogP contribution in [0, 0.1) is 0 Å². The molecule has 0 aromatic heterocycles. The number of carbonyl (C=O) groups excluding carboxylic acids is 1. The van der Waals surface area contributed by atoms with Gasteiger partial charge in [-0.25, -0.2) is 0 Å². The van der Waals surface area contributed by atoms with Crippen molar-refractivity contribution in [1.82, 2.24) is 5.32 Å². The highest BCUT2D eigenvalue weighted by molar-refractivity contribution is 7.45. The van der Waals surface area contributed by atoms with Crippen LogP contribution in [0.15, 0.2) is 97.2 Å². The zero-order valence-corrected chi connectivity index (χ0v) is 38.3. The van der Waals surface area contributed by atoms with Crippen LogP contribution in [0.4, 0.5) is 0 Å². The summed E-state index contributed by atoms with van der Waals surface area (Å²) in [6.45, 7) is 4.43. The number of nitrogens with one attached hydrogen (secondary N) is 1. The maximum absolute atomic E-state index is 12.8. The minimum atomic E-state index is -4.62. The predicted octanol–water partition coefficient (Wildman–Crippen LogP) is 12.1. The lowest BCUT2D eigenvalue weighted by atomic mass is 10.1. The number of carbonyl (C=O) groups is 1. The van der Waals surface area contributed by atoms with Gasteiger partial charge in [-0.05, 0) is 70.6 Å². The third kappa shape index (κ3) is 41.6. The number of amides is 1. The Morgan fingerprint density at radius 2 is 1.07 bits per heavy atom. The second-order valence-electron chi connectivity index (χ2n) is 16.0. The molecule has 0 saturated heterocycles. The first-order chi connectivity index (χ1) is 28.0. The van der Waals surface area contributed by atoms with Crippen molar-refractivity contribution >= 4 is 13.7 Å². The molecule has 0 radical (unpaired) electrons. The monoisotopic (exact) mass is 829 g/mol. The Kier molecular flexibility index (Phi) is 38.1. The molecule has 0 aromatic carbocycles. The number of aliphatic hydroxyl groups is 1. The van der Waals surface area contributed by atoms with Crippen molar-refractivity contribution in [3.8, 4) is 0 Å². The Morgan fingerprint density at radius 1 is 0.621 bits per heavy atom. The summed E-state index contributed by atoms with van der Waals surface area (Å²) >= 11 is 0. The average Bonchev–Trinajstić information content (AvgIpc) is 3.17. The highest BCUT2D eigenvalue weighted by Crippen LogP contribution is 2.38. The van der Waals surface area contributed by atoms with E-state index in [1.165, 1.54) is 70.6 Å². The van der Waals surface area contributed by atoms with Gasteiger partial charge in [-0.2, -0.15) is 0 Å². The van der Waals surface area contributed by atoms with E-state index in [0.717, 1.165) is 57.8 Å². The summed E-state index contributed by atoms with van der Waals surface area (Å²) in [5.74, 6) is -0.294. The second kappa shape index (κ2) is 39.9. The van der Waals surface area contributed by atoms with Crippen LogP contribution in [0.3, 0.4) is 0 Å². The number of phosphoric ester groups is 1. The number of rotatable bonds is 39. The predicted molar refractivity (Wildman–Crippen MR) is 246 cm³/mol. The smallest absolute Gasteiger partial charge is 0.268 e. The molecular formula is C49H85N2O6P. The zero-order chi connectivity index (χ0) is 42.8. The SMILES string of the molecule is CC/C=C\C/C=C\C/C=C\C/C=C\C/C=C\C/C=C\CCC(=O)NC(COP(=O)([O-])OCC[N+](C)(C)C)C(O)/C=C/CC/C=C/CCCCCCCCCCCCC. The molecule has 0 aliphatic carbocycles. The van der Waals surface area contributed by atoms with E-state index in [4.69, 9.17) is 9.05 Å². The van der Waals surface area contributed by atoms with Crippen molar-refractivity contribution in [1.29, 1.82) is 0 Å². The van der Waals surface area contributed by atoms with E-state index in [9.17, 15) is 19.4 Å². The van der Waals surface area contributed by atoms with Crippen molar-refractivity contribution < 1.29 is 32.9 Å². The summed E-state index contributed by atoms with van der Waals surface area (Å²) < 4.78 is 23.1. The third-order valence-electron chi connectivity index (χ3n) is 9.29. The highest BCUT2D eigenvalue weighted by Gasteiger charge is 2.23. The van der Waals surface area contributed by atoms with Gasteiger partial charge in [-0.3, -0.25) is 9.36 Å². The van der Waals surface area contributed by atoms with Crippen LogP contribution < -0.4 is 10.2 Å². The van der Waals surface area contributed by atoms with Gasteiger partial charge in [0.25, 0.3) is 7.82 Å². The largest absolute Gasteiger partial charge is 0.756 e. The van der Waals surface area contributed by atoms with Gasteiger partial charge >= 0.3 is 0 Å². The van der Waals surface area contributed by atoms with Crippen molar-refractivity contribution in [3.05, 3.63) is 97.2 Å². The Hall–Kier alpha value is -2.58. The van der Waals surface area contributed by atoms with Crippen LogP contribution in [0.5, 0.6) is 0 Å².